The van der Waals surface area contributed by atoms with Crippen LogP contribution in [0.1, 0.15) is 6.42 Å². The summed E-state index contributed by atoms with van der Waals surface area (Å²) in [5.74, 6) is -0.661. The Morgan fingerprint density at radius 3 is 2.47 bits per heavy atom. The van der Waals surface area contributed by atoms with Gasteiger partial charge in [-0.15, -0.1) is 0 Å². The molecular weight excluding hydrogens is 249 g/mol. The van der Waals surface area contributed by atoms with Gasteiger partial charge < -0.3 is 15.1 Å². The van der Waals surface area contributed by atoms with Gasteiger partial charge in [0.15, 0.2) is 0 Å². The highest BCUT2D eigenvalue weighted by molar-refractivity contribution is 5.94. The topological polar surface area (TPSA) is 52.7 Å². The van der Waals surface area contributed by atoms with Gasteiger partial charge in [0.1, 0.15) is 12.4 Å². The van der Waals surface area contributed by atoms with Crippen molar-refractivity contribution >= 4 is 17.6 Å². The molecule has 3 amide bonds. The fourth-order valence-electron chi connectivity index (χ4n) is 1.77. The lowest BCUT2D eigenvalue weighted by atomic mass is 10.2. The standard InChI is InChI=1S/C13H16FN3O2/c1-16(13(19)17-7-2-8-17)9-12(18)15-11-5-3-10(14)4-6-11/h3-6H,2,7-9H2,1H3,(H,15,18). The molecule has 6 heteroatoms. The van der Waals surface area contributed by atoms with Gasteiger partial charge in [-0.3, -0.25) is 4.79 Å². The molecule has 1 aromatic carbocycles. The lowest BCUT2D eigenvalue weighted by Gasteiger charge is -2.34. The highest BCUT2D eigenvalue weighted by Crippen LogP contribution is 2.10. The first-order valence-electron chi connectivity index (χ1n) is 6.12. The number of urea groups is 1. The molecular formula is C13H16FN3O2. The fraction of sp³-hybridized carbons (Fsp3) is 0.385. The largest absolute Gasteiger partial charge is 0.325 e. The van der Waals surface area contributed by atoms with Crippen molar-refractivity contribution in [3.05, 3.63) is 30.1 Å². The zero-order valence-electron chi connectivity index (χ0n) is 10.7. The van der Waals surface area contributed by atoms with Gasteiger partial charge in [0.2, 0.25) is 5.91 Å². The van der Waals surface area contributed by atoms with Crippen molar-refractivity contribution in [1.29, 1.82) is 0 Å². The number of carbonyl (C=O) groups is 2. The van der Waals surface area contributed by atoms with Crippen LogP contribution >= 0.6 is 0 Å². The molecule has 5 nitrogen and oxygen atoms in total. The molecule has 1 fully saturated rings. The van der Waals surface area contributed by atoms with E-state index in [0.717, 1.165) is 19.5 Å². The molecule has 0 aromatic heterocycles. The van der Waals surface area contributed by atoms with Crippen LogP contribution in [0.15, 0.2) is 24.3 Å². The summed E-state index contributed by atoms with van der Waals surface area (Å²) in [5.41, 5.74) is 0.510. The minimum absolute atomic E-state index is 0.0211. The smallest absolute Gasteiger partial charge is 0.320 e. The Balaban J connectivity index is 1.83. The zero-order chi connectivity index (χ0) is 13.8. The first-order chi connectivity index (χ1) is 9.06. The number of likely N-dealkylation sites (N-methyl/N-ethyl adjacent to an activating group) is 1. The van der Waals surface area contributed by atoms with E-state index in [1.807, 2.05) is 0 Å². The Kier molecular flexibility index (Phi) is 3.99. The van der Waals surface area contributed by atoms with Gasteiger partial charge in [0.25, 0.3) is 0 Å². The fourth-order valence-corrected chi connectivity index (χ4v) is 1.77. The summed E-state index contributed by atoms with van der Waals surface area (Å²) in [6, 6.07) is 5.35. The number of nitrogens with zero attached hydrogens (tertiary/aromatic N) is 2. The van der Waals surface area contributed by atoms with E-state index in [0.29, 0.717) is 5.69 Å². The third kappa shape index (κ3) is 3.43. The second-order valence-corrected chi connectivity index (χ2v) is 4.53. The van der Waals surface area contributed by atoms with Crippen LogP contribution in [-0.4, -0.2) is 48.4 Å². The van der Waals surface area contributed by atoms with Gasteiger partial charge in [-0.25, -0.2) is 9.18 Å². The van der Waals surface area contributed by atoms with Crippen LogP contribution < -0.4 is 5.32 Å². The number of amides is 3. The van der Waals surface area contributed by atoms with Crippen molar-refractivity contribution in [1.82, 2.24) is 9.80 Å². The van der Waals surface area contributed by atoms with Crippen LogP contribution in [0.5, 0.6) is 0 Å². The Hall–Kier alpha value is -2.11. The average molecular weight is 265 g/mol. The van der Waals surface area contributed by atoms with E-state index < -0.39 is 0 Å². The van der Waals surface area contributed by atoms with Crippen LogP contribution in [0.4, 0.5) is 14.9 Å². The summed E-state index contributed by atoms with van der Waals surface area (Å²) in [5, 5.41) is 2.61. The van der Waals surface area contributed by atoms with Crippen molar-refractivity contribution in [3.8, 4) is 0 Å². The monoisotopic (exact) mass is 265 g/mol. The van der Waals surface area contributed by atoms with Gasteiger partial charge in [0, 0.05) is 25.8 Å². The lowest BCUT2D eigenvalue weighted by Crippen LogP contribution is -2.50. The number of nitrogens with one attached hydrogen (secondary N) is 1. The van der Waals surface area contributed by atoms with Gasteiger partial charge in [-0.05, 0) is 30.7 Å². The molecule has 0 aliphatic carbocycles. The molecule has 0 unspecified atom stereocenters. The number of rotatable bonds is 3. The Morgan fingerprint density at radius 2 is 1.95 bits per heavy atom. The van der Waals surface area contributed by atoms with Crippen LogP contribution in [-0.2, 0) is 4.79 Å². The molecule has 1 heterocycles. The minimum atomic E-state index is -0.358. The number of anilines is 1. The first-order valence-corrected chi connectivity index (χ1v) is 6.12. The van der Waals surface area contributed by atoms with E-state index in [-0.39, 0.29) is 24.3 Å². The molecule has 0 saturated carbocycles. The predicted octanol–water partition coefficient (Wildman–Crippen LogP) is 1.52. The molecule has 19 heavy (non-hydrogen) atoms. The molecule has 1 aromatic rings. The molecule has 1 aliphatic heterocycles. The van der Waals surface area contributed by atoms with Crippen molar-refractivity contribution in [2.24, 2.45) is 0 Å². The molecule has 1 N–H and O–H groups in total. The van der Waals surface area contributed by atoms with E-state index in [2.05, 4.69) is 5.32 Å². The van der Waals surface area contributed by atoms with Gasteiger partial charge >= 0.3 is 6.03 Å². The SMILES string of the molecule is CN(CC(=O)Nc1ccc(F)cc1)C(=O)N1CCC1. The van der Waals surface area contributed by atoms with Gasteiger partial charge in [0.05, 0.1) is 0 Å². The summed E-state index contributed by atoms with van der Waals surface area (Å²) in [7, 11) is 1.59. The van der Waals surface area contributed by atoms with Crippen LogP contribution in [0.3, 0.4) is 0 Å². The second-order valence-electron chi connectivity index (χ2n) is 4.53. The quantitative estimate of drug-likeness (QED) is 0.901. The van der Waals surface area contributed by atoms with Gasteiger partial charge in [-0.2, -0.15) is 0 Å². The highest BCUT2D eigenvalue weighted by Gasteiger charge is 2.24. The van der Waals surface area contributed by atoms with E-state index in [4.69, 9.17) is 0 Å². The van der Waals surface area contributed by atoms with E-state index in [1.54, 1.807) is 11.9 Å². The average Bonchev–Trinajstić information content (AvgIpc) is 2.29. The molecule has 1 saturated heterocycles. The Bertz CT molecular complexity index is 471. The molecule has 0 bridgehead atoms. The van der Waals surface area contributed by atoms with Crippen molar-refractivity contribution in [2.75, 3.05) is 32.0 Å². The lowest BCUT2D eigenvalue weighted by molar-refractivity contribution is -0.116. The maximum absolute atomic E-state index is 12.7. The first kappa shape index (κ1) is 13.3. The summed E-state index contributed by atoms with van der Waals surface area (Å²) in [6.45, 7) is 1.48. The Labute approximate surface area is 111 Å². The molecule has 1 aliphatic rings. The maximum atomic E-state index is 12.7. The van der Waals surface area contributed by atoms with E-state index >= 15 is 0 Å². The number of likely N-dealkylation sites (tertiary alicyclic amines) is 1. The molecule has 2 rings (SSSR count). The predicted molar refractivity (Wildman–Crippen MR) is 69.2 cm³/mol. The number of halogens is 1. The summed E-state index contributed by atoms with van der Waals surface area (Å²) >= 11 is 0. The molecule has 0 atom stereocenters. The second kappa shape index (κ2) is 5.69. The van der Waals surface area contributed by atoms with Crippen LogP contribution in [0.25, 0.3) is 0 Å². The number of hydrogen-bond acceptors (Lipinski definition) is 2. The number of carbonyl (C=O) groups excluding carboxylic acids is 2. The number of hydrogen-bond donors (Lipinski definition) is 1. The highest BCUT2D eigenvalue weighted by atomic mass is 19.1. The summed E-state index contributed by atoms with van der Waals surface area (Å²) < 4.78 is 12.7. The van der Waals surface area contributed by atoms with Crippen molar-refractivity contribution < 1.29 is 14.0 Å². The number of benzene rings is 1. The maximum Gasteiger partial charge on any atom is 0.320 e. The third-order valence-corrected chi connectivity index (χ3v) is 2.96. The molecule has 0 spiro atoms. The third-order valence-electron chi connectivity index (χ3n) is 2.96. The van der Waals surface area contributed by atoms with Crippen molar-refractivity contribution in [2.45, 2.75) is 6.42 Å². The normalized spacial score (nSPS) is 13.7. The summed E-state index contributed by atoms with van der Waals surface area (Å²) in [4.78, 5) is 26.6. The van der Waals surface area contributed by atoms with E-state index in [1.165, 1.54) is 29.2 Å². The van der Waals surface area contributed by atoms with Crippen LogP contribution in [0, 0.1) is 5.82 Å². The molecule has 102 valence electrons. The van der Waals surface area contributed by atoms with Crippen LogP contribution in [0.2, 0.25) is 0 Å². The minimum Gasteiger partial charge on any atom is -0.325 e. The Morgan fingerprint density at radius 1 is 1.32 bits per heavy atom. The summed E-state index contributed by atoms with van der Waals surface area (Å²) in [6.07, 6.45) is 1.02. The molecule has 0 radical (unpaired) electrons. The van der Waals surface area contributed by atoms with Gasteiger partial charge in [-0.1, -0.05) is 0 Å². The van der Waals surface area contributed by atoms with Crippen molar-refractivity contribution in [3.63, 3.8) is 0 Å². The van der Waals surface area contributed by atoms with E-state index in [9.17, 15) is 14.0 Å². The zero-order valence-corrected chi connectivity index (χ0v) is 10.7.